The van der Waals surface area contributed by atoms with Gasteiger partial charge in [-0.05, 0) is 29.1 Å². The van der Waals surface area contributed by atoms with Gasteiger partial charge in [0.25, 0.3) is 0 Å². The van der Waals surface area contributed by atoms with E-state index in [4.69, 9.17) is 23.2 Å². The Kier molecular flexibility index (Phi) is 4.17. The quantitative estimate of drug-likeness (QED) is 0.551. The molecule has 0 saturated heterocycles. The molecule has 1 heterocycles. The Morgan fingerprint density at radius 2 is 1.79 bits per heavy atom. The average Bonchev–Trinajstić information content (AvgIpc) is 2.59. The summed E-state index contributed by atoms with van der Waals surface area (Å²) in [5, 5.41) is 6.58. The largest absolute Gasteiger partial charge is 0.369 e. The molecular formula is C19H13Cl2NOS. The lowest BCUT2D eigenvalue weighted by molar-refractivity contribution is 0.102. The van der Waals surface area contributed by atoms with E-state index in [1.807, 2.05) is 48.5 Å². The lowest BCUT2D eigenvalue weighted by Gasteiger charge is -2.24. The van der Waals surface area contributed by atoms with Gasteiger partial charge in [0.1, 0.15) is 0 Å². The molecular weight excluding hydrogens is 361 g/mol. The van der Waals surface area contributed by atoms with Crippen LogP contribution in [-0.2, 0) is 0 Å². The van der Waals surface area contributed by atoms with Crippen LogP contribution >= 0.6 is 35.0 Å². The zero-order chi connectivity index (χ0) is 16.7. The standard InChI is InChI=1S/C19H13Cl2NOS/c20-14-8-7-12(9-15(14)21)19-22-16-6-2-4-11-3-1-5-13(18(11)16)17(23)10-24-19/h1-9,19,22H,10H2/t19-/m1/s1. The second kappa shape index (κ2) is 6.32. The van der Waals surface area contributed by atoms with Crippen molar-refractivity contribution in [3.05, 3.63) is 75.8 Å². The summed E-state index contributed by atoms with van der Waals surface area (Å²) in [5.41, 5.74) is 2.73. The normalized spacial score (nSPS) is 17.2. The van der Waals surface area contributed by atoms with Gasteiger partial charge in [-0.3, -0.25) is 4.79 Å². The Morgan fingerprint density at radius 3 is 2.58 bits per heavy atom. The molecule has 0 spiro atoms. The van der Waals surface area contributed by atoms with Gasteiger partial charge in [0.2, 0.25) is 0 Å². The predicted molar refractivity (Wildman–Crippen MR) is 104 cm³/mol. The Labute approximate surface area is 154 Å². The number of thioether (sulfide) groups is 1. The van der Waals surface area contributed by atoms with Gasteiger partial charge in [-0.15, -0.1) is 11.8 Å². The second-order valence-corrected chi connectivity index (χ2v) is 7.55. The molecule has 0 saturated carbocycles. The van der Waals surface area contributed by atoms with Crippen molar-refractivity contribution in [1.29, 1.82) is 0 Å². The number of ketones is 1. The number of carbonyl (C=O) groups is 1. The lowest BCUT2D eigenvalue weighted by atomic mass is 10.00. The van der Waals surface area contributed by atoms with Crippen LogP contribution in [0.3, 0.4) is 0 Å². The molecule has 0 radical (unpaired) electrons. The first-order valence-electron chi connectivity index (χ1n) is 7.51. The molecule has 0 amide bonds. The Bertz CT molecular complexity index is 952. The second-order valence-electron chi connectivity index (χ2n) is 5.64. The van der Waals surface area contributed by atoms with Gasteiger partial charge in [0.15, 0.2) is 5.78 Å². The fraction of sp³-hybridized carbons (Fsp3) is 0.105. The maximum Gasteiger partial charge on any atom is 0.173 e. The number of carbonyl (C=O) groups excluding carboxylic acids is 1. The molecule has 4 rings (SSSR count). The summed E-state index contributed by atoms with van der Waals surface area (Å²) in [5.74, 6) is 0.551. The van der Waals surface area contributed by atoms with E-state index in [0.717, 1.165) is 27.6 Å². The van der Waals surface area contributed by atoms with Crippen molar-refractivity contribution in [2.75, 3.05) is 11.1 Å². The third-order valence-electron chi connectivity index (χ3n) is 4.12. The third kappa shape index (κ3) is 2.77. The number of hydrogen-bond acceptors (Lipinski definition) is 3. The third-order valence-corrected chi connectivity index (χ3v) is 6.01. The lowest BCUT2D eigenvalue weighted by Crippen LogP contribution is -2.15. The zero-order valence-corrected chi connectivity index (χ0v) is 14.9. The van der Waals surface area contributed by atoms with Gasteiger partial charge in [0, 0.05) is 16.6 Å². The highest BCUT2D eigenvalue weighted by Gasteiger charge is 2.22. The van der Waals surface area contributed by atoms with Crippen LogP contribution in [0.4, 0.5) is 5.69 Å². The van der Waals surface area contributed by atoms with Gasteiger partial charge in [-0.2, -0.15) is 0 Å². The van der Waals surface area contributed by atoms with E-state index >= 15 is 0 Å². The Hall–Kier alpha value is -1.68. The summed E-state index contributed by atoms with van der Waals surface area (Å²) < 4.78 is 0. The smallest absolute Gasteiger partial charge is 0.173 e. The van der Waals surface area contributed by atoms with E-state index in [1.165, 1.54) is 0 Å². The maximum absolute atomic E-state index is 12.6. The van der Waals surface area contributed by atoms with Crippen LogP contribution in [0.1, 0.15) is 21.3 Å². The van der Waals surface area contributed by atoms with Crippen LogP contribution in [0, 0.1) is 0 Å². The molecule has 0 unspecified atom stereocenters. The van der Waals surface area contributed by atoms with E-state index in [9.17, 15) is 4.79 Å². The highest BCUT2D eigenvalue weighted by atomic mass is 35.5. The van der Waals surface area contributed by atoms with Crippen LogP contribution in [0.2, 0.25) is 10.0 Å². The molecule has 1 atom stereocenters. The molecule has 1 aliphatic heterocycles. The van der Waals surface area contributed by atoms with Gasteiger partial charge < -0.3 is 5.32 Å². The van der Waals surface area contributed by atoms with Crippen molar-refractivity contribution in [2.24, 2.45) is 0 Å². The molecule has 3 aromatic carbocycles. The SMILES string of the molecule is O=C1CS[C@H](c2ccc(Cl)c(Cl)c2)Nc2cccc3cccc1c23. The number of anilines is 1. The van der Waals surface area contributed by atoms with Crippen molar-refractivity contribution in [3.8, 4) is 0 Å². The molecule has 1 N–H and O–H groups in total. The summed E-state index contributed by atoms with van der Waals surface area (Å²) in [6.45, 7) is 0. The monoisotopic (exact) mass is 373 g/mol. The highest BCUT2D eigenvalue weighted by Crippen LogP contribution is 2.39. The van der Waals surface area contributed by atoms with E-state index in [-0.39, 0.29) is 11.2 Å². The summed E-state index contributed by atoms with van der Waals surface area (Å²) in [4.78, 5) is 12.6. The maximum atomic E-state index is 12.6. The van der Waals surface area contributed by atoms with E-state index in [2.05, 4.69) is 5.32 Å². The number of Topliss-reactive ketones (excluding diaryl/α,β-unsaturated/α-hetero) is 1. The van der Waals surface area contributed by atoms with Gasteiger partial charge in [0.05, 0.1) is 21.2 Å². The van der Waals surface area contributed by atoms with Crippen molar-refractivity contribution in [2.45, 2.75) is 5.37 Å². The van der Waals surface area contributed by atoms with Crippen molar-refractivity contribution in [3.63, 3.8) is 0 Å². The predicted octanol–water partition coefficient (Wildman–Crippen LogP) is 6.19. The van der Waals surface area contributed by atoms with Crippen LogP contribution in [0.15, 0.2) is 54.6 Å². The van der Waals surface area contributed by atoms with Crippen LogP contribution in [0.5, 0.6) is 0 Å². The fourth-order valence-corrected chi connectivity index (χ4v) is 4.30. The minimum absolute atomic E-state index is 0.0670. The first-order chi connectivity index (χ1) is 11.6. The first kappa shape index (κ1) is 15.8. The zero-order valence-electron chi connectivity index (χ0n) is 12.6. The van der Waals surface area contributed by atoms with Crippen LogP contribution in [0.25, 0.3) is 10.8 Å². The van der Waals surface area contributed by atoms with E-state index in [1.54, 1.807) is 17.8 Å². The number of benzene rings is 3. The summed E-state index contributed by atoms with van der Waals surface area (Å²) in [6.07, 6.45) is 0. The van der Waals surface area contributed by atoms with Gasteiger partial charge in [-0.1, -0.05) is 59.6 Å². The van der Waals surface area contributed by atoms with E-state index < -0.39 is 0 Å². The molecule has 0 aromatic heterocycles. The Morgan fingerprint density at radius 1 is 1.00 bits per heavy atom. The topological polar surface area (TPSA) is 29.1 Å². The van der Waals surface area contributed by atoms with Crippen molar-refractivity contribution in [1.82, 2.24) is 0 Å². The first-order valence-corrected chi connectivity index (χ1v) is 9.32. The fourth-order valence-electron chi connectivity index (χ4n) is 2.97. The van der Waals surface area contributed by atoms with E-state index in [0.29, 0.717) is 15.8 Å². The minimum atomic E-state index is -0.0670. The molecule has 0 bridgehead atoms. The van der Waals surface area contributed by atoms with Crippen molar-refractivity contribution < 1.29 is 4.79 Å². The molecule has 5 heteroatoms. The molecule has 2 nitrogen and oxygen atoms in total. The summed E-state index contributed by atoms with van der Waals surface area (Å²) in [6, 6.07) is 17.5. The summed E-state index contributed by atoms with van der Waals surface area (Å²) >= 11 is 13.7. The molecule has 24 heavy (non-hydrogen) atoms. The Balaban J connectivity index is 1.85. The summed E-state index contributed by atoms with van der Waals surface area (Å²) in [7, 11) is 0. The number of rotatable bonds is 1. The van der Waals surface area contributed by atoms with Gasteiger partial charge in [-0.25, -0.2) is 0 Å². The molecule has 0 fully saturated rings. The molecule has 0 aliphatic carbocycles. The molecule has 120 valence electrons. The van der Waals surface area contributed by atoms with Crippen LogP contribution < -0.4 is 5.32 Å². The number of hydrogen-bond donors (Lipinski definition) is 1. The van der Waals surface area contributed by atoms with Gasteiger partial charge >= 0.3 is 0 Å². The number of nitrogens with one attached hydrogen (secondary N) is 1. The molecule has 1 aliphatic rings. The van der Waals surface area contributed by atoms with Crippen molar-refractivity contribution >= 4 is 57.2 Å². The number of halogens is 2. The average molecular weight is 374 g/mol. The van der Waals surface area contributed by atoms with Crippen LogP contribution in [-0.4, -0.2) is 11.5 Å². The molecule has 3 aromatic rings. The highest BCUT2D eigenvalue weighted by molar-refractivity contribution is 8.00. The minimum Gasteiger partial charge on any atom is -0.369 e.